The Labute approximate surface area is 535 Å². The van der Waals surface area contributed by atoms with Gasteiger partial charge in [-0.1, -0.05) is 194 Å². The molecule has 2 heterocycles. The average molecular weight is 1190 g/mol. The molecule has 0 N–H and O–H groups in total. The van der Waals surface area contributed by atoms with Crippen LogP contribution in [0.25, 0.3) is 76.9 Å². The largest absolute Gasteiger partial charge is 0.454 e. The van der Waals surface area contributed by atoms with Gasteiger partial charge in [-0.15, -0.1) is 0 Å². The van der Waals surface area contributed by atoms with Crippen molar-refractivity contribution in [1.29, 1.82) is 0 Å². The molecule has 0 aliphatic heterocycles. The second-order valence-corrected chi connectivity index (χ2v) is 23.8. The molecule has 16 aromatic rings. The molecule has 0 amide bonds. The molecule has 6 heteroatoms. The highest BCUT2D eigenvalue weighted by molar-refractivity contribution is 6.32. The molecule has 0 fully saturated rings. The summed E-state index contributed by atoms with van der Waals surface area (Å²) in [6.07, 6.45) is 0. The second kappa shape index (κ2) is 23.3. The van der Waals surface area contributed by atoms with Gasteiger partial charge in [0.1, 0.15) is 11.2 Å². The lowest BCUT2D eigenvalue weighted by Crippen LogP contribution is -2.14. The van der Waals surface area contributed by atoms with Gasteiger partial charge < -0.3 is 28.4 Å². The topological polar surface area (TPSA) is 39.2 Å². The number of nitrogens with zero attached hydrogens (tertiary/aromatic N) is 4. The summed E-state index contributed by atoms with van der Waals surface area (Å²) in [6, 6.07) is 113. The van der Waals surface area contributed by atoms with E-state index < -0.39 is 0 Å². The number of fused-ring (bicyclic) bond motifs is 9. The summed E-state index contributed by atoms with van der Waals surface area (Å²) in [7, 11) is 0. The predicted octanol–water partition coefficient (Wildman–Crippen LogP) is 25.1. The van der Waals surface area contributed by atoms with Gasteiger partial charge in [-0.25, -0.2) is 0 Å². The zero-order valence-electron chi connectivity index (χ0n) is 51.6. The second-order valence-electron chi connectivity index (χ2n) is 23.8. The molecule has 0 spiro atoms. The maximum absolute atomic E-state index is 7.67. The normalized spacial score (nSPS) is 11.5. The molecule has 0 atom stereocenters. The van der Waals surface area contributed by atoms with Crippen molar-refractivity contribution < 1.29 is 8.83 Å². The fraction of sp³-hybridized carbons (Fsp3) is 0.0465. The smallest absolute Gasteiger partial charge is 0.160 e. The van der Waals surface area contributed by atoms with E-state index in [9.17, 15) is 0 Å². The van der Waals surface area contributed by atoms with E-state index in [0.29, 0.717) is 0 Å². The minimum absolute atomic E-state index is 0.762. The lowest BCUT2D eigenvalue weighted by Gasteiger charge is -2.30. The van der Waals surface area contributed by atoms with Crippen LogP contribution in [0, 0.1) is 27.7 Å². The maximum Gasteiger partial charge on any atom is 0.160 e. The van der Waals surface area contributed by atoms with E-state index >= 15 is 0 Å². The van der Waals surface area contributed by atoms with Gasteiger partial charge in [-0.05, 0) is 192 Å². The standard InChI is InChI=1S/C86H64N4O2/c1-57-25-17-21-37-75(57)89(76-38-22-18-26-58(76)2)79-55-73-74(83-71-51-49-69(53-81(71)91-85(79)83)87(65-33-13-7-14-34-65)67-45-41-63(42-46-67)61-29-9-5-10-30-61)56-80(90(77-39-23-19-27-59(77)3)78-40-24-20-28-60(78)4)86-84(73)72-52-50-70(54-82(72)92-86)88(66-35-15-8-16-36-66)68-47-43-64(44-48-68)62-31-11-6-12-32-62/h5-56H,1-4H3. The van der Waals surface area contributed by atoms with Crippen LogP contribution in [-0.2, 0) is 0 Å². The Morgan fingerprint density at radius 2 is 0.478 bits per heavy atom. The van der Waals surface area contributed by atoms with Crippen LogP contribution in [0.5, 0.6) is 0 Å². The molecular formula is C86H64N4O2. The monoisotopic (exact) mass is 1180 g/mol. The quantitative estimate of drug-likeness (QED) is 0.108. The van der Waals surface area contributed by atoms with Crippen molar-refractivity contribution in [3.8, 4) is 22.3 Å². The molecule has 2 aromatic heterocycles. The number of hydrogen-bond donors (Lipinski definition) is 0. The predicted molar refractivity (Wildman–Crippen MR) is 387 cm³/mol. The summed E-state index contributed by atoms with van der Waals surface area (Å²) >= 11 is 0. The zero-order valence-corrected chi connectivity index (χ0v) is 51.6. The summed E-state index contributed by atoms with van der Waals surface area (Å²) in [4.78, 5) is 9.46. The van der Waals surface area contributed by atoms with E-state index in [2.05, 4.69) is 363 Å². The van der Waals surface area contributed by atoms with Crippen LogP contribution < -0.4 is 19.6 Å². The Bertz CT molecular complexity index is 4960. The van der Waals surface area contributed by atoms with Gasteiger partial charge >= 0.3 is 0 Å². The molecule has 0 aliphatic rings. The Balaban J connectivity index is 1.01. The van der Waals surface area contributed by atoms with Crippen LogP contribution in [0.15, 0.2) is 324 Å². The van der Waals surface area contributed by atoms with Crippen molar-refractivity contribution in [2.75, 3.05) is 19.6 Å². The molecule has 0 saturated heterocycles. The van der Waals surface area contributed by atoms with Crippen molar-refractivity contribution in [2.24, 2.45) is 0 Å². The van der Waals surface area contributed by atoms with Crippen LogP contribution in [0.4, 0.5) is 68.2 Å². The molecule has 0 unspecified atom stereocenters. The maximum atomic E-state index is 7.67. The summed E-state index contributed by atoms with van der Waals surface area (Å²) in [6.45, 7) is 8.79. The molecule has 0 radical (unpaired) electrons. The van der Waals surface area contributed by atoms with E-state index in [1.165, 1.54) is 11.1 Å². The summed E-state index contributed by atoms with van der Waals surface area (Å²) in [5.74, 6) is 0. The fourth-order valence-electron chi connectivity index (χ4n) is 13.6. The number of benzene rings is 14. The number of rotatable bonds is 14. The lowest BCUT2D eigenvalue weighted by atomic mass is 9.95. The highest BCUT2D eigenvalue weighted by Crippen LogP contribution is 2.54. The molecule has 440 valence electrons. The average Bonchev–Trinajstić information content (AvgIpc) is 1.52. The Morgan fingerprint density at radius 1 is 0.207 bits per heavy atom. The summed E-state index contributed by atoms with van der Waals surface area (Å²) < 4.78 is 15.3. The SMILES string of the molecule is Cc1ccccc1N(c1ccccc1C)c1cc2c(cc(N(c3ccccc3C)c3ccccc3C)c3oc4cc(N(c5ccccc5)c5ccc(-c6ccccc6)cc5)ccc4c32)c2c1oc1cc(N(c3ccccc3)c3ccc(-c4ccccc4)cc3)ccc12. The van der Waals surface area contributed by atoms with Crippen LogP contribution >= 0.6 is 0 Å². The molecule has 14 aromatic carbocycles. The fourth-order valence-corrected chi connectivity index (χ4v) is 13.6. The highest BCUT2D eigenvalue weighted by Gasteiger charge is 2.30. The number of furan rings is 2. The molecule has 16 rings (SSSR count). The highest BCUT2D eigenvalue weighted by atomic mass is 16.3. The third kappa shape index (κ3) is 9.77. The van der Waals surface area contributed by atoms with Gasteiger partial charge in [0.05, 0.1) is 11.4 Å². The van der Waals surface area contributed by atoms with Gasteiger partial charge in [0.25, 0.3) is 0 Å². The van der Waals surface area contributed by atoms with Crippen molar-refractivity contribution in [3.63, 3.8) is 0 Å². The van der Waals surface area contributed by atoms with Crippen LogP contribution in [0.3, 0.4) is 0 Å². The van der Waals surface area contributed by atoms with Crippen molar-refractivity contribution in [2.45, 2.75) is 27.7 Å². The van der Waals surface area contributed by atoms with Gasteiger partial charge in [0, 0.05) is 90.6 Å². The first-order chi connectivity index (χ1) is 45.3. The van der Waals surface area contributed by atoms with E-state index in [4.69, 9.17) is 8.83 Å². The van der Waals surface area contributed by atoms with Crippen LogP contribution in [0.1, 0.15) is 22.3 Å². The summed E-state index contributed by atoms with van der Waals surface area (Å²) in [5, 5.41) is 6.06. The van der Waals surface area contributed by atoms with E-state index in [1.54, 1.807) is 0 Å². The van der Waals surface area contributed by atoms with Gasteiger partial charge in [-0.2, -0.15) is 0 Å². The molecule has 0 bridgehead atoms. The zero-order chi connectivity index (χ0) is 61.8. The first-order valence-corrected chi connectivity index (χ1v) is 31.5. The van der Waals surface area contributed by atoms with E-state index in [0.717, 1.165) is 156 Å². The number of hydrogen-bond acceptors (Lipinski definition) is 6. The third-order valence-electron chi connectivity index (χ3n) is 18.1. The van der Waals surface area contributed by atoms with E-state index in [1.807, 2.05) is 0 Å². The Morgan fingerprint density at radius 3 is 0.804 bits per heavy atom. The number of anilines is 12. The first kappa shape index (κ1) is 55.5. The molecule has 0 aliphatic carbocycles. The number of para-hydroxylation sites is 6. The minimum Gasteiger partial charge on any atom is -0.454 e. The van der Waals surface area contributed by atoms with E-state index in [-0.39, 0.29) is 0 Å². The first-order valence-electron chi connectivity index (χ1n) is 31.5. The third-order valence-corrected chi connectivity index (χ3v) is 18.1. The molecule has 92 heavy (non-hydrogen) atoms. The van der Waals surface area contributed by atoms with Gasteiger partial charge in [-0.3, -0.25) is 0 Å². The summed E-state index contributed by atoms with van der Waals surface area (Å²) in [5.41, 5.74) is 24.3. The van der Waals surface area contributed by atoms with Crippen molar-refractivity contribution in [3.05, 3.63) is 338 Å². The molecule has 0 saturated carbocycles. The molecule has 6 nitrogen and oxygen atoms in total. The van der Waals surface area contributed by atoms with Crippen molar-refractivity contribution >= 4 is 123 Å². The van der Waals surface area contributed by atoms with Gasteiger partial charge in [0.2, 0.25) is 0 Å². The molecular weight excluding hydrogens is 1120 g/mol. The van der Waals surface area contributed by atoms with Gasteiger partial charge in [0.15, 0.2) is 11.2 Å². The number of aryl methyl sites for hydroxylation is 4. The van der Waals surface area contributed by atoms with Crippen molar-refractivity contribution in [1.82, 2.24) is 0 Å². The Kier molecular flexibility index (Phi) is 14.0. The lowest BCUT2D eigenvalue weighted by molar-refractivity contribution is 0.668. The Hall–Kier alpha value is -11.9. The van der Waals surface area contributed by atoms with Crippen LogP contribution in [0.2, 0.25) is 0 Å². The van der Waals surface area contributed by atoms with Crippen LogP contribution in [-0.4, -0.2) is 0 Å². The minimum atomic E-state index is 0.762.